The minimum atomic E-state index is 0.412. The highest BCUT2D eigenvalue weighted by molar-refractivity contribution is 6.31. The number of nitrogens with two attached hydrogens (primary N) is 1. The lowest BCUT2D eigenvalue weighted by Gasteiger charge is -2.41. The predicted octanol–water partition coefficient (Wildman–Crippen LogP) is 6.00. The number of nitrogen functional groups attached to an aromatic ring is 1. The summed E-state index contributed by atoms with van der Waals surface area (Å²) in [6, 6.07) is 13.4. The maximum Gasteiger partial charge on any atom is 0.208 e. The van der Waals surface area contributed by atoms with E-state index in [0.717, 1.165) is 63.2 Å². The number of nitrogens with one attached hydrogen (secondary N) is 1. The van der Waals surface area contributed by atoms with Gasteiger partial charge in [-0.1, -0.05) is 23.7 Å². The number of benzene rings is 2. The molecule has 1 saturated heterocycles. The van der Waals surface area contributed by atoms with Crippen LogP contribution in [0.25, 0.3) is 33.2 Å². The van der Waals surface area contributed by atoms with Crippen molar-refractivity contribution in [2.75, 3.05) is 44.3 Å². The van der Waals surface area contributed by atoms with E-state index in [1.54, 1.807) is 6.33 Å². The third-order valence-electron chi connectivity index (χ3n) is 9.35. The molecule has 2 fully saturated rings. The number of anilines is 3. The fraction of sp³-hybridized carbons (Fsp3) is 0.406. The molecule has 1 aliphatic carbocycles. The van der Waals surface area contributed by atoms with Crippen LogP contribution >= 0.6 is 11.6 Å². The van der Waals surface area contributed by atoms with Crippen molar-refractivity contribution in [3.05, 3.63) is 59.5 Å². The van der Waals surface area contributed by atoms with Crippen molar-refractivity contribution < 1.29 is 0 Å². The summed E-state index contributed by atoms with van der Waals surface area (Å²) in [4.78, 5) is 19.0. The molecule has 3 N–H and O–H groups in total. The zero-order chi connectivity index (χ0) is 29.0. The van der Waals surface area contributed by atoms with Gasteiger partial charge in [-0.25, -0.2) is 15.0 Å². The van der Waals surface area contributed by atoms with Gasteiger partial charge in [0.15, 0.2) is 0 Å². The fourth-order valence-electron chi connectivity index (χ4n) is 6.88. The van der Waals surface area contributed by atoms with Crippen molar-refractivity contribution >= 4 is 51.1 Å². The molecule has 1 aliphatic heterocycles. The lowest BCUT2D eigenvalue weighted by Crippen LogP contribution is -2.49. The molecule has 0 atom stereocenters. The van der Waals surface area contributed by atoms with Crippen molar-refractivity contribution in [2.24, 2.45) is 7.05 Å². The van der Waals surface area contributed by atoms with Gasteiger partial charge in [-0.05, 0) is 75.0 Å². The number of imidazole rings is 1. The monoisotopic (exact) mass is 583 g/mol. The normalized spacial score (nSPS) is 20.5. The van der Waals surface area contributed by atoms with Crippen LogP contribution in [0.2, 0.25) is 5.02 Å². The van der Waals surface area contributed by atoms with E-state index < -0.39 is 0 Å². The molecule has 2 aromatic carbocycles. The highest BCUT2D eigenvalue weighted by atomic mass is 35.5. The third-order valence-corrected chi connectivity index (χ3v) is 9.56. The summed E-state index contributed by atoms with van der Waals surface area (Å²) >= 11 is 6.30. The summed E-state index contributed by atoms with van der Waals surface area (Å²) in [7, 11) is 4.22. The molecule has 0 unspecified atom stereocenters. The lowest BCUT2D eigenvalue weighted by molar-refractivity contribution is 0.0828. The Morgan fingerprint density at radius 2 is 1.64 bits per heavy atom. The first-order valence-corrected chi connectivity index (χ1v) is 15.3. The van der Waals surface area contributed by atoms with Gasteiger partial charge in [0.2, 0.25) is 5.95 Å². The number of hydrogen-bond acceptors (Lipinski definition) is 7. The van der Waals surface area contributed by atoms with Crippen molar-refractivity contribution in [1.29, 1.82) is 0 Å². The number of nitrogens with zero attached hydrogens (tertiary/aromatic N) is 7. The van der Waals surface area contributed by atoms with Gasteiger partial charge in [-0.3, -0.25) is 4.90 Å². The summed E-state index contributed by atoms with van der Waals surface area (Å²) in [6.07, 6.45) is 8.57. The van der Waals surface area contributed by atoms with E-state index in [4.69, 9.17) is 27.3 Å². The molecule has 4 heterocycles. The molecular weight excluding hydrogens is 546 g/mol. The van der Waals surface area contributed by atoms with Gasteiger partial charge < -0.3 is 25.1 Å². The number of piperazine rings is 1. The largest absolute Gasteiger partial charge is 0.383 e. The van der Waals surface area contributed by atoms with E-state index in [2.05, 4.69) is 62.2 Å². The zero-order valence-electron chi connectivity index (χ0n) is 24.5. The molecule has 218 valence electrons. The Bertz CT molecular complexity index is 1740. The number of halogens is 1. The van der Waals surface area contributed by atoms with Crippen molar-refractivity contribution in [2.45, 2.75) is 44.7 Å². The topological polar surface area (TPSA) is 93.1 Å². The molecule has 0 bridgehead atoms. The first kappa shape index (κ1) is 27.2. The fourth-order valence-corrected chi connectivity index (χ4v) is 7.15. The van der Waals surface area contributed by atoms with E-state index in [-0.39, 0.29) is 0 Å². The smallest absolute Gasteiger partial charge is 0.208 e. The summed E-state index contributed by atoms with van der Waals surface area (Å²) in [5.74, 6) is 1.29. The Labute approximate surface area is 251 Å². The zero-order valence-corrected chi connectivity index (χ0v) is 25.3. The van der Waals surface area contributed by atoms with Crippen molar-refractivity contribution in [1.82, 2.24) is 33.9 Å². The standard InChI is InChI=1S/C32H38ClN9/c1-20-16-22(33)17-27-29(20)38-32(40(27)3)37-23-6-4-21(5-7-23)26-18-42(31-28(26)30(34)35-19-36-31)25-10-8-24(9-11-25)41-14-12-39(2)13-15-41/h4-7,16-19,24-25H,8-15H2,1-3H3,(H,37,38)(H2,34,35,36)/t24-,25-. The Morgan fingerprint density at radius 1 is 0.929 bits per heavy atom. The third kappa shape index (κ3) is 4.89. The molecule has 0 spiro atoms. The molecule has 7 rings (SSSR count). The number of fused-ring (bicyclic) bond motifs is 2. The molecule has 10 heteroatoms. The quantitative estimate of drug-likeness (QED) is 0.262. The molecule has 0 amide bonds. The second-order valence-electron chi connectivity index (χ2n) is 12.0. The van der Waals surface area contributed by atoms with Gasteiger partial charge >= 0.3 is 0 Å². The van der Waals surface area contributed by atoms with E-state index in [0.29, 0.717) is 22.9 Å². The minimum Gasteiger partial charge on any atom is -0.383 e. The van der Waals surface area contributed by atoms with Gasteiger partial charge in [0.05, 0.1) is 16.4 Å². The summed E-state index contributed by atoms with van der Waals surface area (Å²) in [5, 5.41) is 5.12. The van der Waals surface area contributed by atoms with Crippen LogP contribution in [0.3, 0.4) is 0 Å². The Morgan fingerprint density at radius 3 is 2.38 bits per heavy atom. The maximum absolute atomic E-state index is 6.47. The molecule has 42 heavy (non-hydrogen) atoms. The molecule has 3 aromatic heterocycles. The summed E-state index contributed by atoms with van der Waals surface area (Å²) in [5.41, 5.74) is 13.5. The molecule has 5 aromatic rings. The molecule has 0 radical (unpaired) electrons. The maximum atomic E-state index is 6.47. The highest BCUT2D eigenvalue weighted by Gasteiger charge is 2.30. The number of hydrogen-bond donors (Lipinski definition) is 2. The SMILES string of the molecule is Cc1cc(Cl)cc2c1nc(Nc1ccc(-c3cn([C@H]4CC[C@H](N5CCN(C)CC5)CC4)c4ncnc(N)c34)cc1)n2C. The predicted molar refractivity (Wildman–Crippen MR) is 171 cm³/mol. The highest BCUT2D eigenvalue weighted by Crippen LogP contribution is 2.39. The molecule has 2 aliphatic rings. The number of aryl methyl sites for hydroxylation is 2. The van der Waals surface area contributed by atoms with E-state index in [9.17, 15) is 0 Å². The number of likely N-dealkylation sites (N-methyl/N-ethyl adjacent to an activating group) is 1. The number of rotatable bonds is 5. The second kappa shape index (κ2) is 10.9. The minimum absolute atomic E-state index is 0.412. The van der Waals surface area contributed by atoms with Crippen LogP contribution in [-0.2, 0) is 7.05 Å². The van der Waals surface area contributed by atoms with Gasteiger partial charge in [0.1, 0.15) is 17.8 Å². The van der Waals surface area contributed by atoms with Crippen LogP contribution < -0.4 is 11.1 Å². The number of aromatic nitrogens is 5. The summed E-state index contributed by atoms with van der Waals surface area (Å²) < 4.78 is 4.40. The van der Waals surface area contributed by atoms with Crippen molar-refractivity contribution in [3.8, 4) is 11.1 Å². The Kier molecular flexibility index (Phi) is 7.04. The van der Waals surface area contributed by atoms with Gasteiger partial charge in [0, 0.05) is 67.8 Å². The van der Waals surface area contributed by atoms with Gasteiger partial charge in [-0.2, -0.15) is 0 Å². The van der Waals surface area contributed by atoms with Crippen molar-refractivity contribution in [3.63, 3.8) is 0 Å². The average molecular weight is 584 g/mol. The van der Waals surface area contributed by atoms with Crippen LogP contribution in [0.1, 0.15) is 37.3 Å². The Hall–Kier alpha value is -3.66. The van der Waals surface area contributed by atoms with E-state index in [1.807, 2.05) is 30.7 Å². The van der Waals surface area contributed by atoms with Crippen LogP contribution in [0.5, 0.6) is 0 Å². The van der Waals surface area contributed by atoms with Crippen LogP contribution in [0, 0.1) is 6.92 Å². The van der Waals surface area contributed by atoms with E-state index >= 15 is 0 Å². The van der Waals surface area contributed by atoms with Crippen LogP contribution in [0.4, 0.5) is 17.5 Å². The Balaban J connectivity index is 1.13. The van der Waals surface area contributed by atoms with Gasteiger partial charge in [0.25, 0.3) is 0 Å². The second-order valence-corrected chi connectivity index (χ2v) is 12.4. The van der Waals surface area contributed by atoms with Crippen LogP contribution in [-0.4, -0.2) is 73.2 Å². The first-order chi connectivity index (χ1) is 20.4. The average Bonchev–Trinajstić information content (AvgIpc) is 3.53. The van der Waals surface area contributed by atoms with E-state index in [1.165, 1.54) is 39.0 Å². The first-order valence-electron chi connectivity index (χ1n) is 14.9. The molecular formula is C32H38ClN9. The lowest BCUT2D eigenvalue weighted by atomic mass is 9.89. The summed E-state index contributed by atoms with van der Waals surface area (Å²) in [6.45, 7) is 6.74. The molecule has 1 saturated carbocycles. The van der Waals surface area contributed by atoms with Crippen LogP contribution in [0.15, 0.2) is 48.9 Å². The molecule has 9 nitrogen and oxygen atoms in total. The van der Waals surface area contributed by atoms with Gasteiger partial charge in [-0.15, -0.1) is 0 Å².